The molecule has 5 heteroatoms. The van der Waals surface area contributed by atoms with Crippen LogP contribution in [0.3, 0.4) is 0 Å². The summed E-state index contributed by atoms with van der Waals surface area (Å²) in [5.74, 6) is -0.0356. The van der Waals surface area contributed by atoms with Crippen LogP contribution in [-0.2, 0) is 6.42 Å². The minimum atomic E-state index is -0.456. The Morgan fingerprint density at radius 1 is 1.11 bits per heavy atom. The van der Waals surface area contributed by atoms with E-state index in [1.54, 1.807) is 30.3 Å². The van der Waals surface area contributed by atoms with Crippen molar-refractivity contribution in [1.29, 1.82) is 0 Å². The maximum absolute atomic E-state index is 13.8. The van der Waals surface area contributed by atoms with Crippen LogP contribution >= 0.6 is 23.2 Å². The van der Waals surface area contributed by atoms with E-state index in [0.717, 1.165) is 5.56 Å². The summed E-state index contributed by atoms with van der Waals surface area (Å²) >= 11 is 11.8. The predicted molar refractivity (Wildman–Crippen MR) is 75.7 cm³/mol. The van der Waals surface area contributed by atoms with Crippen molar-refractivity contribution in [3.63, 3.8) is 0 Å². The maximum Gasteiger partial charge on any atom is 0.165 e. The van der Waals surface area contributed by atoms with Crippen molar-refractivity contribution >= 4 is 23.2 Å². The lowest BCUT2D eigenvalue weighted by molar-refractivity contribution is 0.442. The highest BCUT2D eigenvalue weighted by molar-refractivity contribution is 6.42. The number of benzene rings is 2. The molecule has 2 nitrogen and oxygen atoms in total. The van der Waals surface area contributed by atoms with Gasteiger partial charge in [0.15, 0.2) is 11.6 Å². The molecule has 100 valence electrons. The van der Waals surface area contributed by atoms with Crippen molar-refractivity contribution in [3.05, 3.63) is 57.8 Å². The first kappa shape index (κ1) is 14.1. The van der Waals surface area contributed by atoms with Crippen LogP contribution in [0.25, 0.3) is 0 Å². The summed E-state index contributed by atoms with van der Waals surface area (Å²) in [5.41, 5.74) is 6.25. The lowest BCUT2D eigenvalue weighted by atomic mass is 10.1. The third-order valence-corrected chi connectivity index (χ3v) is 3.37. The van der Waals surface area contributed by atoms with Gasteiger partial charge >= 0.3 is 0 Å². The fourth-order valence-electron chi connectivity index (χ4n) is 1.63. The molecule has 0 unspecified atom stereocenters. The van der Waals surface area contributed by atoms with Gasteiger partial charge in [-0.3, -0.25) is 0 Å². The van der Waals surface area contributed by atoms with Gasteiger partial charge < -0.3 is 10.5 Å². The zero-order chi connectivity index (χ0) is 13.8. The Bertz CT molecular complexity index is 590. The van der Waals surface area contributed by atoms with Gasteiger partial charge in [0.05, 0.1) is 5.02 Å². The third kappa shape index (κ3) is 3.38. The van der Waals surface area contributed by atoms with Crippen LogP contribution in [0.15, 0.2) is 36.4 Å². The van der Waals surface area contributed by atoms with E-state index in [1.807, 2.05) is 0 Å². The molecule has 0 aliphatic rings. The van der Waals surface area contributed by atoms with Crippen molar-refractivity contribution in [3.8, 4) is 11.5 Å². The van der Waals surface area contributed by atoms with E-state index < -0.39 is 5.82 Å². The molecule has 0 radical (unpaired) electrons. The van der Waals surface area contributed by atoms with Crippen LogP contribution in [0.1, 0.15) is 5.56 Å². The average molecular weight is 300 g/mol. The third-order valence-electron chi connectivity index (χ3n) is 2.57. The number of hydrogen-bond acceptors (Lipinski definition) is 2. The van der Waals surface area contributed by atoms with Crippen LogP contribution in [0, 0.1) is 5.82 Å². The Hall–Kier alpha value is -1.29. The van der Waals surface area contributed by atoms with Gasteiger partial charge in [0, 0.05) is 0 Å². The number of nitrogens with two attached hydrogens (primary N) is 1. The molecule has 0 atom stereocenters. The van der Waals surface area contributed by atoms with Gasteiger partial charge in [-0.25, -0.2) is 4.39 Å². The van der Waals surface area contributed by atoms with Crippen LogP contribution in [0.2, 0.25) is 10.0 Å². The molecule has 19 heavy (non-hydrogen) atoms. The van der Waals surface area contributed by atoms with Crippen LogP contribution < -0.4 is 10.5 Å². The second-order valence-electron chi connectivity index (χ2n) is 3.96. The second-order valence-corrected chi connectivity index (χ2v) is 4.74. The predicted octanol–water partition coefficient (Wildman–Crippen LogP) is 4.43. The summed E-state index contributed by atoms with van der Waals surface area (Å²) in [4.78, 5) is 0. The molecule has 0 aromatic heterocycles. The highest BCUT2D eigenvalue weighted by atomic mass is 35.5. The Balaban J connectivity index is 2.26. The minimum Gasteiger partial charge on any atom is -0.453 e. The molecule has 0 aliphatic carbocycles. The molecular weight excluding hydrogens is 288 g/mol. The van der Waals surface area contributed by atoms with Crippen molar-refractivity contribution < 1.29 is 9.13 Å². The first-order chi connectivity index (χ1) is 9.11. The van der Waals surface area contributed by atoms with Gasteiger partial charge in [0.2, 0.25) is 0 Å². The fraction of sp³-hybridized carbons (Fsp3) is 0.143. The second kappa shape index (κ2) is 6.24. The van der Waals surface area contributed by atoms with E-state index in [2.05, 4.69) is 0 Å². The molecule has 0 spiro atoms. The van der Waals surface area contributed by atoms with E-state index in [9.17, 15) is 4.39 Å². The van der Waals surface area contributed by atoms with Gasteiger partial charge in [-0.05, 0) is 42.8 Å². The highest BCUT2D eigenvalue weighted by Crippen LogP contribution is 2.35. The topological polar surface area (TPSA) is 35.2 Å². The van der Waals surface area contributed by atoms with Crippen LogP contribution in [0.4, 0.5) is 4.39 Å². The lowest BCUT2D eigenvalue weighted by Gasteiger charge is -2.10. The Kier molecular flexibility index (Phi) is 4.64. The summed E-state index contributed by atoms with van der Waals surface area (Å²) < 4.78 is 19.3. The Morgan fingerprint density at radius 2 is 1.89 bits per heavy atom. The molecule has 2 N–H and O–H groups in total. The fourth-order valence-corrected chi connectivity index (χ4v) is 1.96. The molecule has 2 aromatic carbocycles. The monoisotopic (exact) mass is 299 g/mol. The molecule has 0 saturated carbocycles. The summed E-state index contributed by atoms with van der Waals surface area (Å²) in [5, 5.41) is 0.619. The number of halogens is 3. The Labute approximate surface area is 120 Å². The van der Waals surface area contributed by atoms with Gasteiger partial charge in [-0.1, -0.05) is 35.3 Å². The van der Waals surface area contributed by atoms with Gasteiger partial charge in [0.1, 0.15) is 10.8 Å². The minimum absolute atomic E-state index is 0.102. The van der Waals surface area contributed by atoms with Crippen LogP contribution in [-0.4, -0.2) is 6.54 Å². The molecular formula is C14H12Cl2FNO. The van der Waals surface area contributed by atoms with E-state index in [4.69, 9.17) is 33.7 Å². The van der Waals surface area contributed by atoms with Gasteiger partial charge in [-0.15, -0.1) is 0 Å². The SMILES string of the molecule is NCCc1ccc(Oc2cccc(Cl)c2Cl)c(F)c1. The zero-order valence-electron chi connectivity index (χ0n) is 10.00. The van der Waals surface area contributed by atoms with E-state index in [0.29, 0.717) is 23.7 Å². The van der Waals surface area contributed by atoms with Gasteiger partial charge in [0.25, 0.3) is 0 Å². The number of rotatable bonds is 4. The molecule has 2 aromatic rings. The van der Waals surface area contributed by atoms with Crippen molar-refractivity contribution in [1.82, 2.24) is 0 Å². The van der Waals surface area contributed by atoms with Gasteiger partial charge in [-0.2, -0.15) is 0 Å². The normalized spacial score (nSPS) is 10.5. The quantitative estimate of drug-likeness (QED) is 0.906. The van der Waals surface area contributed by atoms with Crippen molar-refractivity contribution in [2.45, 2.75) is 6.42 Å². The van der Waals surface area contributed by atoms with Crippen molar-refractivity contribution in [2.75, 3.05) is 6.54 Å². The van der Waals surface area contributed by atoms with Crippen LogP contribution in [0.5, 0.6) is 11.5 Å². The summed E-state index contributed by atoms with van der Waals surface area (Å²) in [6, 6.07) is 9.67. The number of hydrogen-bond donors (Lipinski definition) is 1. The lowest BCUT2D eigenvalue weighted by Crippen LogP contribution is -2.03. The molecule has 0 heterocycles. The zero-order valence-corrected chi connectivity index (χ0v) is 11.5. The summed E-state index contributed by atoms with van der Waals surface area (Å²) in [6.07, 6.45) is 0.620. The first-order valence-corrected chi connectivity index (χ1v) is 6.47. The highest BCUT2D eigenvalue weighted by Gasteiger charge is 2.10. The molecule has 0 fully saturated rings. The molecule has 2 rings (SSSR count). The maximum atomic E-state index is 13.8. The standard InChI is InChI=1S/C14H12Cl2FNO/c15-10-2-1-3-13(14(10)16)19-12-5-4-9(6-7-18)8-11(12)17/h1-5,8H,6-7,18H2. The number of ether oxygens (including phenoxy) is 1. The van der Waals surface area contributed by atoms with Crippen molar-refractivity contribution in [2.24, 2.45) is 5.73 Å². The summed E-state index contributed by atoms with van der Waals surface area (Å²) in [7, 11) is 0. The smallest absolute Gasteiger partial charge is 0.165 e. The molecule has 0 amide bonds. The average Bonchev–Trinajstić information content (AvgIpc) is 2.38. The first-order valence-electron chi connectivity index (χ1n) is 5.72. The Morgan fingerprint density at radius 3 is 2.58 bits per heavy atom. The van der Waals surface area contributed by atoms with E-state index in [-0.39, 0.29) is 10.8 Å². The van der Waals surface area contributed by atoms with E-state index in [1.165, 1.54) is 6.07 Å². The molecule has 0 aliphatic heterocycles. The molecule has 0 bridgehead atoms. The largest absolute Gasteiger partial charge is 0.453 e. The van der Waals surface area contributed by atoms with E-state index >= 15 is 0 Å². The molecule has 0 saturated heterocycles. The summed E-state index contributed by atoms with van der Waals surface area (Å²) in [6.45, 7) is 0.472.